The van der Waals surface area contributed by atoms with Gasteiger partial charge < -0.3 is 20.3 Å². The molecular weight excluding hydrogens is 266 g/mol. The van der Waals surface area contributed by atoms with Crippen LogP contribution in [0.5, 0.6) is 0 Å². The third-order valence-corrected chi connectivity index (χ3v) is 4.47. The molecule has 2 N–H and O–H groups in total. The standard InChI is InChI=1S/C16H31N3O2/c1-5-13(18-15(20)21-16(2,3)4)10-17-14-7-9-19-8-6-12(14)11-19/h12-14,17H,5-11H2,1-4H3,(H,18,20). The summed E-state index contributed by atoms with van der Waals surface area (Å²) in [5, 5.41) is 6.64. The van der Waals surface area contributed by atoms with Crippen LogP contribution in [0.3, 0.4) is 0 Å². The van der Waals surface area contributed by atoms with E-state index in [1.807, 2.05) is 20.8 Å². The summed E-state index contributed by atoms with van der Waals surface area (Å²) >= 11 is 0. The summed E-state index contributed by atoms with van der Waals surface area (Å²) < 4.78 is 5.33. The molecule has 0 aromatic rings. The Balaban J connectivity index is 1.73. The van der Waals surface area contributed by atoms with Gasteiger partial charge in [-0.25, -0.2) is 4.79 Å². The summed E-state index contributed by atoms with van der Waals surface area (Å²) in [6.07, 6.45) is 3.14. The van der Waals surface area contributed by atoms with Gasteiger partial charge in [-0.2, -0.15) is 0 Å². The lowest BCUT2D eigenvalue weighted by Crippen LogP contribution is -2.50. The normalized spacial score (nSPS) is 30.0. The van der Waals surface area contributed by atoms with Gasteiger partial charge in [0.1, 0.15) is 5.60 Å². The summed E-state index contributed by atoms with van der Waals surface area (Å²) in [5.74, 6) is 0.790. The fourth-order valence-corrected chi connectivity index (χ4v) is 3.29. The van der Waals surface area contributed by atoms with Crippen molar-refractivity contribution in [3.05, 3.63) is 0 Å². The smallest absolute Gasteiger partial charge is 0.407 e. The van der Waals surface area contributed by atoms with Crippen LogP contribution in [-0.2, 0) is 4.74 Å². The average Bonchev–Trinajstić information content (AvgIpc) is 2.76. The molecule has 0 saturated carbocycles. The van der Waals surface area contributed by atoms with Crippen LogP contribution in [0.1, 0.15) is 47.0 Å². The van der Waals surface area contributed by atoms with Crippen LogP contribution in [0.2, 0.25) is 0 Å². The van der Waals surface area contributed by atoms with Crippen LogP contribution in [-0.4, -0.2) is 54.9 Å². The Hall–Kier alpha value is -0.810. The summed E-state index contributed by atoms with van der Waals surface area (Å²) in [6, 6.07) is 0.748. The van der Waals surface area contributed by atoms with Crippen molar-refractivity contribution in [3.63, 3.8) is 0 Å². The van der Waals surface area contributed by atoms with E-state index in [-0.39, 0.29) is 12.1 Å². The van der Waals surface area contributed by atoms with Gasteiger partial charge in [-0.1, -0.05) is 6.92 Å². The van der Waals surface area contributed by atoms with Crippen LogP contribution in [0, 0.1) is 5.92 Å². The average molecular weight is 297 g/mol. The Morgan fingerprint density at radius 3 is 2.71 bits per heavy atom. The number of hydrogen-bond donors (Lipinski definition) is 2. The van der Waals surface area contributed by atoms with Crippen LogP contribution in [0.25, 0.3) is 0 Å². The third-order valence-electron chi connectivity index (χ3n) is 4.47. The van der Waals surface area contributed by atoms with Crippen molar-refractivity contribution in [2.75, 3.05) is 26.2 Å². The van der Waals surface area contributed by atoms with Crippen molar-refractivity contribution in [1.82, 2.24) is 15.5 Å². The Bertz CT molecular complexity index is 354. The van der Waals surface area contributed by atoms with Gasteiger partial charge in [0.25, 0.3) is 0 Å². The number of fused-ring (bicyclic) bond motifs is 2. The lowest BCUT2D eigenvalue weighted by Gasteiger charge is -2.32. The fraction of sp³-hybridized carbons (Fsp3) is 0.938. The molecule has 21 heavy (non-hydrogen) atoms. The predicted molar refractivity (Wildman–Crippen MR) is 84.4 cm³/mol. The minimum absolute atomic E-state index is 0.138. The molecule has 0 radical (unpaired) electrons. The van der Waals surface area contributed by atoms with Gasteiger partial charge in [0.15, 0.2) is 0 Å². The van der Waals surface area contributed by atoms with Gasteiger partial charge in [0, 0.05) is 25.2 Å². The highest BCUT2D eigenvalue weighted by Crippen LogP contribution is 2.26. The molecule has 2 heterocycles. The van der Waals surface area contributed by atoms with E-state index in [0.717, 1.165) is 18.9 Å². The molecule has 5 nitrogen and oxygen atoms in total. The van der Waals surface area contributed by atoms with E-state index in [1.165, 1.54) is 32.5 Å². The van der Waals surface area contributed by atoms with E-state index in [9.17, 15) is 4.79 Å². The molecule has 0 aliphatic carbocycles. The van der Waals surface area contributed by atoms with Crippen molar-refractivity contribution < 1.29 is 9.53 Å². The number of hydrogen-bond acceptors (Lipinski definition) is 4. The number of carbonyl (C=O) groups is 1. The molecule has 0 aromatic heterocycles. The predicted octanol–water partition coefficient (Wildman–Crippen LogP) is 1.97. The van der Waals surface area contributed by atoms with Gasteiger partial charge >= 0.3 is 6.09 Å². The molecule has 2 saturated heterocycles. The zero-order valence-corrected chi connectivity index (χ0v) is 13.9. The first-order valence-electron chi connectivity index (χ1n) is 8.32. The van der Waals surface area contributed by atoms with Crippen molar-refractivity contribution in [2.45, 2.75) is 64.6 Å². The van der Waals surface area contributed by atoms with E-state index >= 15 is 0 Å². The quantitative estimate of drug-likeness (QED) is 0.815. The molecule has 4 atom stereocenters. The Labute approximate surface area is 128 Å². The SMILES string of the molecule is CCC(CNC1CCN2CCC1C2)NC(=O)OC(C)(C)C. The first kappa shape index (κ1) is 16.6. The molecule has 4 unspecified atom stereocenters. The molecule has 1 amide bonds. The number of carbonyl (C=O) groups excluding carboxylic acids is 1. The van der Waals surface area contributed by atoms with Gasteiger partial charge in [-0.15, -0.1) is 0 Å². The number of ether oxygens (including phenoxy) is 1. The monoisotopic (exact) mass is 297 g/mol. The summed E-state index contributed by atoms with van der Waals surface area (Å²) in [5.41, 5.74) is -0.438. The Kier molecular flexibility index (Phi) is 5.49. The maximum Gasteiger partial charge on any atom is 0.407 e. The molecule has 0 spiro atoms. The fourth-order valence-electron chi connectivity index (χ4n) is 3.29. The molecule has 2 fully saturated rings. The molecular formula is C16H31N3O2. The lowest BCUT2D eigenvalue weighted by molar-refractivity contribution is 0.0500. The summed E-state index contributed by atoms with van der Waals surface area (Å²) in [4.78, 5) is 14.4. The molecule has 0 aromatic carbocycles. The zero-order valence-electron chi connectivity index (χ0n) is 13.9. The number of nitrogens with zero attached hydrogens (tertiary/aromatic N) is 1. The van der Waals surface area contributed by atoms with Crippen LogP contribution < -0.4 is 10.6 Å². The first-order chi connectivity index (χ1) is 9.87. The number of amides is 1. The maximum absolute atomic E-state index is 11.8. The molecule has 2 bridgehead atoms. The second-order valence-electron chi connectivity index (χ2n) is 7.40. The number of alkyl carbamates (subject to hydrolysis) is 1. The molecule has 2 aliphatic heterocycles. The number of nitrogens with one attached hydrogen (secondary N) is 2. The van der Waals surface area contributed by atoms with Crippen molar-refractivity contribution in [2.24, 2.45) is 5.92 Å². The van der Waals surface area contributed by atoms with Crippen LogP contribution in [0.15, 0.2) is 0 Å². The highest BCUT2D eigenvalue weighted by Gasteiger charge is 2.34. The second-order valence-corrected chi connectivity index (χ2v) is 7.40. The van der Waals surface area contributed by atoms with Crippen molar-refractivity contribution >= 4 is 6.09 Å². The third kappa shape index (κ3) is 5.15. The van der Waals surface area contributed by atoms with E-state index < -0.39 is 5.60 Å². The van der Waals surface area contributed by atoms with Crippen LogP contribution in [0.4, 0.5) is 4.79 Å². The summed E-state index contributed by atoms with van der Waals surface area (Å²) in [6.45, 7) is 12.3. The highest BCUT2D eigenvalue weighted by molar-refractivity contribution is 5.68. The second kappa shape index (κ2) is 6.97. The van der Waals surface area contributed by atoms with Gasteiger partial charge in [0.2, 0.25) is 0 Å². The molecule has 122 valence electrons. The minimum atomic E-state index is -0.438. The highest BCUT2D eigenvalue weighted by atomic mass is 16.6. The maximum atomic E-state index is 11.8. The van der Waals surface area contributed by atoms with E-state index in [2.05, 4.69) is 22.5 Å². The van der Waals surface area contributed by atoms with Gasteiger partial charge in [-0.05, 0) is 59.0 Å². The largest absolute Gasteiger partial charge is 0.444 e. The van der Waals surface area contributed by atoms with Crippen molar-refractivity contribution in [3.8, 4) is 0 Å². The first-order valence-corrected chi connectivity index (χ1v) is 8.32. The van der Waals surface area contributed by atoms with Gasteiger partial charge in [-0.3, -0.25) is 0 Å². The van der Waals surface area contributed by atoms with Crippen LogP contribution >= 0.6 is 0 Å². The lowest BCUT2D eigenvalue weighted by atomic mass is 9.94. The molecule has 2 aliphatic rings. The van der Waals surface area contributed by atoms with Gasteiger partial charge in [0.05, 0.1) is 0 Å². The topological polar surface area (TPSA) is 53.6 Å². The molecule has 2 rings (SSSR count). The van der Waals surface area contributed by atoms with Crippen molar-refractivity contribution in [1.29, 1.82) is 0 Å². The zero-order chi connectivity index (χ0) is 15.5. The summed E-state index contributed by atoms with van der Waals surface area (Å²) in [7, 11) is 0. The van der Waals surface area contributed by atoms with E-state index in [4.69, 9.17) is 4.74 Å². The van der Waals surface area contributed by atoms with E-state index in [1.54, 1.807) is 0 Å². The number of piperidine rings is 1. The minimum Gasteiger partial charge on any atom is -0.444 e. The van der Waals surface area contributed by atoms with E-state index in [0.29, 0.717) is 6.04 Å². The molecule has 5 heteroatoms. The Morgan fingerprint density at radius 2 is 2.05 bits per heavy atom. The number of rotatable bonds is 5. The Morgan fingerprint density at radius 1 is 1.33 bits per heavy atom.